The molecular weight excluding hydrogens is 797 g/mol. The molecule has 0 saturated heterocycles. The summed E-state index contributed by atoms with van der Waals surface area (Å²) >= 11 is 0. The number of nitriles is 1. The topological polar surface area (TPSA) is 106 Å². The number of rotatable bonds is 7. The Morgan fingerprint density at radius 1 is 0.385 bits per heavy atom. The minimum atomic E-state index is -0.0850. The van der Waals surface area contributed by atoms with Gasteiger partial charge in [0.25, 0.3) is 0 Å². The molecule has 0 amide bonds. The second kappa shape index (κ2) is 16.2. The Balaban J connectivity index is 1.19. The van der Waals surface area contributed by atoms with E-state index >= 15 is 0 Å². The molecule has 0 fully saturated rings. The summed E-state index contributed by atoms with van der Waals surface area (Å²) < 4.78 is 2.24. The van der Waals surface area contributed by atoms with Gasteiger partial charge in [0, 0.05) is 44.2 Å². The zero-order valence-electron chi connectivity index (χ0n) is 37.2. The zero-order chi connectivity index (χ0) is 44.9. The van der Waals surface area contributed by atoms with Gasteiger partial charge in [-0.05, 0) is 76.6 Å². The maximum absolute atomic E-state index is 10.3. The average molecular weight is 843 g/mol. The van der Waals surface area contributed by atoms with Gasteiger partial charge in [-0.2, -0.15) is 5.26 Å². The molecule has 314 valence electrons. The van der Waals surface area contributed by atoms with Crippen molar-refractivity contribution in [1.82, 2.24) is 34.5 Å². The Labute approximate surface area is 379 Å². The second-order valence-electron chi connectivity index (χ2n) is 18.4. The van der Waals surface area contributed by atoms with Crippen LogP contribution in [0.4, 0.5) is 0 Å². The van der Waals surface area contributed by atoms with Crippen LogP contribution in [0.25, 0.3) is 95.8 Å². The average Bonchev–Trinajstić information content (AvgIpc) is 3.67. The molecule has 0 atom stereocenters. The second-order valence-corrected chi connectivity index (χ2v) is 18.4. The van der Waals surface area contributed by atoms with Crippen molar-refractivity contribution in [2.75, 3.05) is 0 Å². The number of hydrogen-bond donors (Lipinski definition) is 0. The SMILES string of the molecule is CC(C)(C)c1cccc(-c2nc(-c3cccc(C(C)(C)C)c3)nc(-c3cc(C#N)ccc3-n3c4ccccc4c4cc(-c5nc(-c6ccccc6)nc(-c6ccccc6)n5)ccc43)n2)c1. The van der Waals surface area contributed by atoms with Gasteiger partial charge in [0.2, 0.25) is 0 Å². The minimum Gasteiger partial charge on any atom is -0.308 e. The van der Waals surface area contributed by atoms with Crippen molar-refractivity contribution in [3.05, 3.63) is 187 Å². The van der Waals surface area contributed by atoms with Crippen LogP contribution in [0.2, 0.25) is 0 Å². The highest BCUT2D eigenvalue weighted by atomic mass is 15.1. The van der Waals surface area contributed by atoms with E-state index < -0.39 is 0 Å². The van der Waals surface area contributed by atoms with E-state index in [4.69, 9.17) is 29.9 Å². The van der Waals surface area contributed by atoms with Crippen molar-refractivity contribution in [3.63, 3.8) is 0 Å². The lowest BCUT2D eigenvalue weighted by molar-refractivity contribution is 0.590. The van der Waals surface area contributed by atoms with E-state index in [2.05, 4.69) is 143 Å². The fourth-order valence-corrected chi connectivity index (χ4v) is 8.29. The normalized spacial score (nSPS) is 11.8. The van der Waals surface area contributed by atoms with Crippen LogP contribution < -0.4 is 0 Å². The van der Waals surface area contributed by atoms with Crippen LogP contribution in [-0.4, -0.2) is 34.5 Å². The molecule has 0 unspecified atom stereocenters. The van der Waals surface area contributed by atoms with Crippen molar-refractivity contribution in [2.24, 2.45) is 0 Å². The van der Waals surface area contributed by atoms with Gasteiger partial charge in [0.15, 0.2) is 34.9 Å². The largest absolute Gasteiger partial charge is 0.308 e. The van der Waals surface area contributed by atoms with E-state index in [-0.39, 0.29) is 10.8 Å². The Morgan fingerprint density at radius 2 is 0.831 bits per heavy atom. The molecule has 0 radical (unpaired) electrons. The van der Waals surface area contributed by atoms with Gasteiger partial charge in [-0.15, -0.1) is 0 Å². The molecule has 0 aliphatic heterocycles. The summed E-state index contributed by atoms with van der Waals surface area (Å²) in [5.41, 5.74) is 10.6. The lowest BCUT2D eigenvalue weighted by atomic mass is 9.86. The summed E-state index contributed by atoms with van der Waals surface area (Å²) in [7, 11) is 0. The number of nitrogens with zero attached hydrogens (tertiary/aromatic N) is 8. The first-order valence-corrected chi connectivity index (χ1v) is 21.8. The summed E-state index contributed by atoms with van der Waals surface area (Å²) in [4.78, 5) is 30.7. The van der Waals surface area contributed by atoms with Crippen LogP contribution in [-0.2, 0) is 10.8 Å². The zero-order valence-corrected chi connectivity index (χ0v) is 37.2. The van der Waals surface area contributed by atoms with E-state index in [0.717, 1.165) is 55.3 Å². The first kappa shape index (κ1) is 40.9. The highest BCUT2D eigenvalue weighted by Crippen LogP contribution is 2.39. The first-order chi connectivity index (χ1) is 31.4. The van der Waals surface area contributed by atoms with E-state index in [1.54, 1.807) is 0 Å². The predicted molar refractivity (Wildman–Crippen MR) is 262 cm³/mol. The van der Waals surface area contributed by atoms with Gasteiger partial charge in [-0.1, -0.05) is 157 Å². The van der Waals surface area contributed by atoms with Gasteiger partial charge in [-0.3, -0.25) is 0 Å². The summed E-state index contributed by atoms with van der Waals surface area (Å²) in [5, 5.41) is 12.4. The van der Waals surface area contributed by atoms with Crippen LogP contribution >= 0.6 is 0 Å². The third kappa shape index (κ3) is 7.94. The Bertz CT molecular complexity index is 3330. The Hall–Kier alpha value is -8.15. The highest BCUT2D eigenvalue weighted by molar-refractivity contribution is 6.10. The number of hydrogen-bond acceptors (Lipinski definition) is 7. The van der Waals surface area contributed by atoms with E-state index in [0.29, 0.717) is 46.1 Å². The van der Waals surface area contributed by atoms with Gasteiger partial charge in [0.05, 0.1) is 28.4 Å². The molecule has 3 heterocycles. The quantitative estimate of drug-likeness (QED) is 0.157. The smallest absolute Gasteiger partial charge is 0.166 e. The fraction of sp³-hybridized carbons (Fsp3) is 0.140. The summed E-state index contributed by atoms with van der Waals surface area (Å²) in [5.74, 6) is 3.36. The predicted octanol–water partition coefficient (Wildman–Crippen LogP) is 13.6. The number of fused-ring (bicyclic) bond motifs is 3. The van der Waals surface area contributed by atoms with Crippen LogP contribution in [0.3, 0.4) is 0 Å². The van der Waals surface area contributed by atoms with Crippen molar-refractivity contribution >= 4 is 21.8 Å². The van der Waals surface area contributed by atoms with E-state index in [9.17, 15) is 5.26 Å². The van der Waals surface area contributed by atoms with Gasteiger partial charge < -0.3 is 4.57 Å². The van der Waals surface area contributed by atoms with E-state index in [1.165, 1.54) is 11.1 Å². The van der Waals surface area contributed by atoms with Crippen molar-refractivity contribution in [3.8, 4) is 80.1 Å². The molecule has 0 aliphatic rings. The van der Waals surface area contributed by atoms with Gasteiger partial charge in [-0.25, -0.2) is 29.9 Å². The summed E-state index contributed by atoms with van der Waals surface area (Å²) in [6.45, 7) is 13.2. The van der Waals surface area contributed by atoms with Crippen molar-refractivity contribution in [1.29, 1.82) is 5.26 Å². The standard InChI is InChI=1S/C57H46N8/c1-56(2,3)42-23-15-21-39(32-42)52-62-53(40-22-16-24-43(33-40)57(4,5)6)64-55(63-52)46-31-36(35-58)27-29-49(46)65-47-26-14-13-25-44(47)45-34-41(28-30-48(45)65)54-60-50(37-17-9-7-10-18-37)59-51(61-54)38-19-11-8-12-20-38/h7-34H,1-6H3. The molecule has 0 bridgehead atoms. The molecule has 3 aromatic heterocycles. The van der Waals surface area contributed by atoms with Gasteiger partial charge >= 0.3 is 0 Å². The Kier molecular flexibility index (Phi) is 10.2. The number of para-hydroxylation sites is 1. The lowest BCUT2D eigenvalue weighted by Crippen LogP contribution is -2.11. The maximum atomic E-state index is 10.3. The first-order valence-electron chi connectivity index (χ1n) is 21.8. The molecule has 10 rings (SSSR count). The van der Waals surface area contributed by atoms with Crippen LogP contribution in [0, 0.1) is 11.3 Å². The molecule has 0 spiro atoms. The molecular formula is C57H46N8. The van der Waals surface area contributed by atoms with Gasteiger partial charge in [0.1, 0.15) is 0 Å². The molecule has 0 N–H and O–H groups in total. The molecule has 8 nitrogen and oxygen atoms in total. The molecule has 0 aliphatic carbocycles. The lowest BCUT2D eigenvalue weighted by Gasteiger charge is -2.20. The van der Waals surface area contributed by atoms with Crippen LogP contribution in [0.1, 0.15) is 58.2 Å². The monoisotopic (exact) mass is 842 g/mol. The molecule has 65 heavy (non-hydrogen) atoms. The molecule has 0 saturated carbocycles. The number of benzene rings is 7. The highest BCUT2D eigenvalue weighted by Gasteiger charge is 2.23. The van der Waals surface area contributed by atoms with Crippen LogP contribution in [0.5, 0.6) is 0 Å². The maximum Gasteiger partial charge on any atom is 0.166 e. The molecule has 10 aromatic rings. The fourth-order valence-electron chi connectivity index (χ4n) is 8.29. The third-order valence-electron chi connectivity index (χ3n) is 11.8. The number of aromatic nitrogens is 7. The van der Waals surface area contributed by atoms with Crippen molar-refractivity contribution < 1.29 is 0 Å². The summed E-state index contributed by atoms with van der Waals surface area (Å²) in [6.07, 6.45) is 0. The summed E-state index contributed by atoms with van der Waals surface area (Å²) in [6, 6.07) is 59.8. The Morgan fingerprint density at radius 3 is 1.35 bits per heavy atom. The minimum absolute atomic E-state index is 0.0850. The molecule has 8 heteroatoms. The third-order valence-corrected chi connectivity index (χ3v) is 11.8. The van der Waals surface area contributed by atoms with Crippen molar-refractivity contribution in [2.45, 2.75) is 52.4 Å². The van der Waals surface area contributed by atoms with Crippen LogP contribution in [0.15, 0.2) is 170 Å². The molecule has 7 aromatic carbocycles. The van der Waals surface area contributed by atoms with E-state index in [1.807, 2.05) is 78.9 Å².